The number of benzene rings is 1. The predicted molar refractivity (Wildman–Crippen MR) is 117 cm³/mol. The number of hydrogen-bond donors (Lipinski definition) is 2. The molecule has 1 saturated heterocycles. The van der Waals surface area contributed by atoms with Crippen molar-refractivity contribution in [3.8, 4) is 5.95 Å². The summed E-state index contributed by atoms with van der Waals surface area (Å²) in [4.78, 5) is 15.5. The first kappa shape index (κ1) is 21.0. The Kier molecular flexibility index (Phi) is 5.88. The molecule has 2 fully saturated rings. The SMILES string of the molecule is OC1CCC(Nc2cc(N3CCOCC3)nc(-n3c(C(F)F)nc4ccccc43)n2)CC1. The van der Waals surface area contributed by atoms with Crippen molar-refractivity contribution in [1.29, 1.82) is 0 Å². The van der Waals surface area contributed by atoms with Gasteiger partial charge in [0.25, 0.3) is 6.43 Å². The Morgan fingerprint density at radius 1 is 1.03 bits per heavy atom. The molecule has 1 aliphatic heterocycles. The molecule has 0 unspecified atom stereocenters. The van der Waals surface area contributed by atoms with Crippen LogP contribution in [0.1, 0.15) is 37.9 Å². The van der Waals surface area contributed by atoms with Gasteiger partial charge >= 0.3 is 0 Å². The number of imidazole rings is 1. The summed E-state index contributed by atoms with van der Waals surface area (Å²) in [6, 6.07) is 9.03. The number of aromatic nitrogens is 4. The zero-order valence-corrected chi connectivity index (χ0v) is 17.6. The van der Waals surface area contributed by atoms with E-state index in [2.05, 4.69) is 25.2 Å². The Balaban J connectivity index is 1.58. The van der Waals surface area contributed by atoms with Crippen LogP contribution >= 0.6 is 0 Å². The quantitative estimate of drug-likeness (QED) is 0.624. The van der Waals surface area contributed by atoms with Crippen molar-refractivity contribution in [2.45, 2.75) is 44.3 Å². The molecule has 32 heavy (non-hydrogen) atoms. The number of aliphatic hydroxyl groups excluding tert-OH is 1. The van der Waals surface area contributed by atoms with E-state index >= 15 is 0 Å². The van der Waals surface area contributed by atoms with Gasteiger partial charge in [-0.1, -0.05) is 12.1 Å². The van der Waals surface area contributed by atoms with E-state index in [0.717, 1.165) is 25.7 Å². The Bertz CT molecular complexity index is 1080. The fourth-order valence-electron chi connectivity index (χ4n) is 4.38. The Labute approximate surface area is 184 Å². The van der Waals surface area contributed by atoms with Crippen molar-refractivity contribution in [3.63, 3.8) is 0 Å². The number of morpholine rings is 1. The number of nitrogens with zero attached hydrogens (tertiary/aromatic N) is 5. The number of halogens is 2. The third-order valence-electron chi connectivity index (χ3n) is 6.07. The first-order valence-electron chi connectivity index (χ1n) is 11.0. The van der Waals surface area contributed by atoms with Crippen molar-refractivity contribution < 1.29 is 18.6 Å². The number of fused-ring (bicyclic) bond motifs is 1. The second-order valence-electron chi connectivity index (χ2n) is 8.26. The van der Waals surface area contributed by atoms with Crippen LogP contribution < -0.4 is 10.2 Å². The molecule has 2 N–H and O–H groups in total. The molecule has 170 valence electrons. The lowest BCUT2D eigenvalue weighted by Crippen LogP contribution is -2.37. The van der Waals surface area contributed by atoms with Crippen LogP contribution in [0.3, 0.4) is 0 Å². The number of ether oxygens (including phenoxy) is 1. The second kappa shape index (κ2) is 8.95. The maximum atomic E-state index is 13.9. The molecule has 3 heterocycles. The summed E-state index contributed by atoms with van der Waals surface area (Å²) >= 11 is 0. The van der Waals surface area contributed by atoms with Crippen molar-refractivity contribution in [2.24, 2.45) is 0 Å². The summed E-state index contributed by atoms with van der Waals surface area (Å²) in [7, 11) is 0. The molecule has 0 atom stereocenters. The van der Waals surface area contributed by atoms with Gasteiger partial charge in [-0.25, -0.2) is 13.8 Å². The van der Waals surface area contributed by atoms with Gasteiger partial charge in [-0.3, -0.25) is 4.57 Å². The molecule has 2 aliphatic rings. The Morgan fingerprint density at radius 2 is 1.78 bits per heavy atom. The van der Waals surface area contributed by atoms with Crippen molar-refractivity contribution in [3.05, 3.63) is 36.2 Å². The maximum absolute atomic E-state index is 13.9. The molecule has 1 saturated carbocycles. The number of nitrogens with one attached hydrogen (secondary N) is 1. The van der Waals surface area contributed by atoms with Gasteiger partial charge in [0.05, 0.1) is 30.4 Å². The van der Waals surface area contributed by atoms with E-state index in [1.807, 2.05) is 6.07 Å². The minimum atomic E-state index is -2.77. The highest BCUT2D eigenvalue weighted by atomic mass is 19.3. The number of rotatable bonds is 5. The van der Waals surface area contributed by atoms with E-state index < -0.39 is 6.43 Å². The van der Waals surface area contributed by atoms with Crippen LogP contribution in [0, 0.1) is 0 Å². The molecule has 3 aromatic rings. The van der Waals surface area contributed by atoms with Crippen molar-refractivity contribution >= 4 is 22.7 Å². The van der Waals surface area contributed by atoms with Crippen LogP contribution in [-0.2, 0) is 4.74 Å². The topological polar surface area (TPSA) is 88.3 Å². The van der Waals surface area contributed by atoms with Crippen LogP contribution in [0.5, 0.6) is 0 Å². The fraction of sp³-hybridized carbons (Fsp3) is 0.500. The van der Waals surface area contributed by atoms with Gasteiger partial charge in [0, 0.05) is 25.2 Å². The fourth-order valence-corrected chi connectivity index (χ4v) is 4.38. The summed E-state index contributed by atoms with van der Waals surface area (Å²) in [5.74, 6) is 1.03. The van der Waals surface area contributed by atoms with E-state index in [1.54, 1.807) is 24.3 Å². The zero-order valence-electron chi connectivity index (χ0n) is 17.6. The standard InChI is InChI=1S/C22H26F2N6O2/c23-20(24)21-26-16-3-1-2-4-17(16)30(21)22-27-18(25-14-5-7-15(31)8-6-14)13-19(28-22)29-9-11-32-12-10-29/h1-4,13-15,20,31H,5-12H2,(H,25,27,28). The summed E-state index contributed by atoms with van der Waals surface area (Å²) in [6.45, 7) is 2.49. The van der Waals surface area contributed by atoms with Gasteiger partial charge in [-0.05, 0) is 37.8 Å². The lowest BCUT2D eigenvalue weighted by atomic mass is 9.93. The molecule has 0 bridgehead atoms. The van der Waals surface area contributed by atoms with Gasteiger partial charge in [0.2, 0.25) is 5.95 Å². The molecule has 1 aromatic carbocycles. The van der Waals surface area contributed by atoms with E-state index in [0.29, 0.717) is 49.0 Å². The number of anilines is 2. The summed E-state index contributed by atoms with van der Waals surface area (Å²) < 4.78 is 34.6. The third kappa shape index (κ3) is 4.24. The molecule has 0 amide bonds. The largest absolute Gasteiger partial charge is 0.393 e. The lowest BCUT2D eigenvalue weighted by molar-refractivity contribution is 0.122. The first-order chi connectivity index (χ1) is 15.6. The predicted octanol–water partition coefficient (Wildman–Crippen LogP) is 3.31. The number of para-hydroxylation sites is 2. The normalized spacial score (nSPS) is 21.9. The van der Waals surface area contributed by atoms with Gasteiger partial charge in [-0.2, -0.15) is 9.97 Å². The maximum Gasteiger partial charge on any atom is 0.296 e. The smallest absolute Gasteiger partial charge is 0.296 e. The average Bonchev–Trinajstić information content (AvgIpc) is 3.21. The molecule has 0 radical (unpaired) electrons. The third-order valence-corrected chi connectivity index (χ3v) is 6.07. The molecule has 8 nitrogen and oxygen atoms in total. The van der Waals surface area contributed by atoms with Gasteiger partial charge in [0.15, 0.2) is 5.82 Å². The Hall–Kier alpha value is -2.85. The second-order valence-corrected chi connectivity index (χ2v) is 8.26. The minimum Gasteiger partial charge on any atom is -0.393 e. The molecule has 1 aliphatic carbocycles. The summed E-state index contributed by atoms with van der Waals surface area (Å²) in [6.07, 6.45) is 0.0762. The first-order valence-corrected chi connectivity index (χ1v) is 11.0. The number of aliphatic hydroxyl groups is 1. The monoisotopic (exact) mass is 444 g/mol. The van der Waals surface area contributed by atoms with Gasteiger partial charge < -0.3 is 20.1 Å². The van der Waals surface area contributed by atoms with E-state index in [-0.39, 0.29) is 23.9 Å². The van der Waals surface area contributed by atoms with E-state index in [4.69, 9.17) is 4.74 Å². The van der Waals surface area contributed by atoms with E-state index in [1.165, 1.54) is 4.57 Å². The van der Waals surface area contributed by atoms with Crippen molar-refractivity contribution in [2.75, 3.05) is 36.5 Å². The summed E-state index contributed by atoms with van der Waals surface area (Å²) in [5.41, 5.74) is 1.01. The van der Waals surface area contributed by atoms with Crippen LogP contribution in [0.2, 0.25) is 0 Å². The lowest BCUT2D eigenvalue weighted by Gasteiger charge is -2.30. The number of hydrogen-bond acceptors (Lipinski definition) is 7. The van der Waals surface area contributed by atoms with Crippen LogP contribution in [0.4, 0.5) is 20.4 Å². The highest BCUT2D eigenvalue weighted by molar-refractivity contribution is 5.77. The number of alkyl halides is 2. The highest BCUT2D eigenvalue weighted by Crippen LogP contribution is 2.29. The summed E-state index contributed by atoms with van der Waals surface area (Å²) in [5, 5.41) is 13.2. The Morgan fingerprint density at radius 3 is 2.53 bits per heavy atom. The van der Waals surface area contributed by atoms with Gasteiger partial charge in [0.1, 0.15) is 11.6 Å². The zero-order chi connectivity index (χ0) is 22.1. The molecule has 0 spiro atoms. The molecule has 2 aromatic heterocycles. The van der Waals surface area contributed by atoms with E-state index in [9.17, 15) is 13.9 Å². The van der Waals surface area contributed by atoms with Crippen LogP contribution in [-0.4, -0.2) is 63.1 Å². The van der Waals surface area contributed by atoms with Gasteiger partial charge in [-0.15, -0.1) is 0 Å². The molecular weight excluding hydrogens is 418 g/mol. The van der Waals surface area contributed by atoms with Crippen LogP contribution in [0.15, 0.2) is 30.3 Å². The molecule has 5 rings (SSSR count). The van der Waals surface area contributed by atoms with Crippen LogP contribution in [0.25, 0.3) is 17.0 Å². The molecule has 10 heteroatoms. The molecular formula is C22H26F2N6O2. The average molecular weight is 444 g/mol. The highest BCUT2D eigenvalue weighted by Gasteiger charge is 2.25. The van der Waals surface area contributed by atoms with Crippen molar-refractivity contribution in [1.82, 2.24) is 19.5 Å². The minimum absolute atomic E-state index is 0.160.